The monoisotopic (exact) mass is 664 g/mol. The van der Waals surface area contributed by atoms with Gasteiger partial charge >= 0.3 is 27.8 Å². The summed E-state index contributed by atoms with van der Waals surface area (Å²) in [5, 5.41) is 9.22. The highest BCUT2D eigenvalue weighted by Gasteiger charge is 2.33. The number of aliphatic hydroxyl groups is 1. The van der Waals surface area contributed by atoms with E-state index >= 15 is 0 Å². The number of aliphatic hydroxyl groups excluding tert-OH is 1. The highest BCUT2D eigenvalue weighted by Crippen LogP contribution is 2.25. The van der Waals surface area contributed by atoms with Gasteiger partial charge in [0.05, 0.1) is 0 Å². The van der Waals surface area contributed by atoms with Crippen LogP contribution in [0.25, 0.3) is 0 Å². The number of nitrogens with one attached hydrogen (secondary N) is 1. The van der Waals surface area contributed by atoms with E-state index in [0.717, 1.165) is 31.5 Å². The lowest BCUT2D eigenvalue weighted by atomic mass is 10.4. The van der Waals surface area contributed by atoms with Gasteiger partial charge in [0.1, 0.15) is 6.42 Å². The van der Waals surface area contributed by atoms with Crippen LogP contribution in [0.5, 0.6) is 0 Å². The summed E-state index contributed by atoms with van der Waals surface area (Å²) in [6.45, 7) is -1.91. The molecule has 0 bridgehead atoms. The van der Waals surface area contributed by atoms with Gasteiger partial charge in [-0.1, -0.05) is 6.42 Å². The van der Waals surface area contributed by atoms with Gasteiger partial charge in [0.15, 0.2) is 28.5 Å². The smallest absolute Gasteiger partial charge is 0.416 e. The van der Waals surface area contributed by atoms with Crippen molar-refractivity contribution in [1.82, 2.24) is 5.32 Å². The van der Waals surface area contributed by atoms with E-state index in [-0.39, 0.29) is 6.54 Å². The van der Waals surface area contributed by atoms with Crippen LogP contribution in [0.4, 0.5) is 61.6 Å². The van der Waals surface area contributed by atoms with Crippen LogP contribution in [-0.2, 0) is 18.3 Å². The predicted molar refractivity (Wildman–Crippen MR) is 118 cm³/mol. The minimum Gasteiger partial charge on any atom is -0.435 e. The molecule has 1 amide bonds. The Morgan fingerprint density at radius 3 is 1.73 bits per heavy atom. The minimum atomic E-state index is -4.62. The summed E-state index contributed by atoms with van der Waals surface area (Å²) < 4.78 is 161. The first-order chi connectivity index (χ1) is 18.2. The van der Waals surface area contributed by atoms with Crippen LogP contribution in [0.1, 0.15) is 25.7 Å². The molecule has 0 aromatic heterocycles. The Bertz CT molecular complexity index is 573. The van der Waals surface area contributed by atoms with E-state index in [9.17, 15) is 66.4 Å². The van der Waals surface area contributed by atoms with Gasteiger partial charge < -0.3 is 19.0 Å². The van der Waals surface area contributed by atoms with Crippen molar-refractivity contribution in [3.05, 3.63) is 0 Å². The second-order valence-electron chi connectivity index (χ2n) is 7.43. The largest absolute Gasteiger partial charge is 0.435 e. The van der Waals surface area contributed by atoms with Gasteiger partial charge in [0, 0.05) is 13.2 Å². The highest BCUT2D eigenvalue weighted by atomic mass is 28.4. The Kier molecular flexibility index (Phi) is 29.1. The van der Waals surface area contributed by atoms with E-state index in [1.165, 1.54) is 0 Å². The number of hydrogen-bond acceptors (Lipinski definition) is 5. The van der Waals surface area contributed by atoms with Crippen molar-refractivity contribution in [1.29, 1.82) is 0 Å². The molecule has 1 atom stereocenters. The highest BCUT2D eigenvalue weighted by molar-refractivity contribution is 6.78. The first kappa shape index (κ1) is 45.7. The summed E-state index contributed by atoms with van der Waals surface area (Å²) in [4.78, 5) is 13.5. The zero-order valence-electron chi connectivity index (χ0n) is 21.4. The van der Waals surface area contributed by atoms with E-state index in [4.69, 9.17) is 13.6 Å². The van der Waals surface area contributed by atoms with E-state index in [0.29, 0.717) is 6.42 Å². The van der Waals surface area contributed by atoms with E-state index in [2.05, 4.69) is 16.8 Å². The van der Waals surface area contributed by atoms with Gasteiger partial charge in [-0.3, -0.25) is 4.79 Å². The number of carbonyl (C=O) groups is 1. The number of alkyl halides is 13. The van der Waals surface area contributed by atoms with Crippen molar-refractivity contribution in [3.8, 4) is 0 Å². The molecule has 6 nitrogen and oxygen atoms in total. The molecule has 1 unspecified atom stereocenters. The second kappa shape index (κ2) is 25.5. The van der Waals surface area contributed by atoms with Crippen LogP contribution in [-0.4, -0.2) is 87.4 Å². The summed E-state index contributed by atoms with van der Waals surface area (Å²) in [6.07, 6.45) is -12.3. The molecule has 1 radical (unpaired) electrons. The molecule has 1 heterocycles. The molecule has 22 heteroatoms. The molecule has 0 aromatic carbocycles. The topological polar surface area (TPSA) is 77.0 Å². The quantitative estimate of drug-likeness (QED) is 0.187. The molecular formula is C18H32F14NO5Si2. The molecular weight excluding hydrogens is 632 g/mol. The maximum Gasteiger partial charge on any atom is 0.416 e. The first-order valence-electron chi connectivity index (χ1n) is 10.9. The van der Waals surface area contributed by atoms with Gasteiger partial charge in [0.25, 0.3) is 0 Å². The molecule has 1 aliphatic rings. The van der Waals surface area contributed by atoms with Gasteiger partial charge in [-0.05, 0) is 42.5 Å². The van der Waals surface area contributed by atoms with E-state index in [1.54, 1.807) is 0 Å². The molecule has 1 rings (SSSR count). The fraction of sp³-hybridized carbons (Fsp3) is 0.944. The number of halogens is 14. The van der Waals surface area contributed by atoms with Gasteiger partial charge in [-0.15, -0.1) is 0 Å². The van der Waals surface area contributed by atoms with E-state index in [1.807, 2.05) is 6.55 Å². The lowest BCUT2D eigenvalue weighted by molar-refractivity contribution is -0.167. The summed E-state index contributed by atoms with van der Waals surface area (Å²) in [7, 11) is -3.06. The Hall–Kier alpha value is -1.24. The summed E-state index contributed by atoms with van der Waals surface area (Å²) in [6, 6.07) is 1.89. The Labute approximate surface area is 224 Å². The van der Waals surface area contributed by atoms with Gasteiger partial charge in [-0.2, -0.15) is 44.5 Å². The van der Waals surface area contributed by atoms with Crippen LogP contribution >= 0.6 is 0 Å². The molecule has 245 valence electrons. The molecule has 0 spiro atoms. The zero-order valence-corrected chi connectivity index (χ0v) is 23.4. The molecule has 2 N–H and O–H groups in total. The standard InChI is InChI=1S/C12H23F3NO3Si2.2C2H2F4.CH2F2O.CH3FO/c1-20-18-7-3-4-8-21(2,19-20)9-5-6-16-11(17)10-12(13,14)15;2*3-1-2(4,5)6;2-1-4-3;2-1-3/h3-10H2,1-2H3,(H,16,17);2*1H2;1H2;3H,1H2. The van der Waals surface area contributed by atoms with Crippen LogP contribution in [0.3, 0.4) is 0 Å². The van der Waals surface area contributed by atoms with Crippen LogP contribution < -0.4 is 5.32 Å². The summed E-state index contributed by atoms with van der Waals surface area (Å²) in [5.41, 5.74) is 0. The SMILES string of the molecule is C[Si]1OCCCC[Si](C)(CCCNC(=O)CC(F)(F)F)O1.FCC(F)(F)F.FCC(F)(F)F.FCOF.OCF. The summed E-state index contributed by atoms with van der Waals surface area (Å²) in [5.74, 6) is -0.962. The zero-order chi connectivity index (χ0) is 32.5. The van der Waals surface area contributed by atoms with Gasteiger partial charge in [-0.25, -0.2) is 17.6 Å². The third-order valence-electron chi connectivity index (χ3n) is 3.71. The molecule has 0 aromatic rings. The fourth-order valence-electron chi connectivity index (χ4n) is 2.36. The molecule has 1 saturated heterocycles. The number of carbonyl (C=O) groups excluding carboxylic acids is 1. The van der Waals surface area contributed by atoms with Crippen molar-refractivity contribution in [3.63, 3.8) is 0 Å². The lowest BCUT2D eigenvalue weighted by Gasteiger charge is -2.32. The first-order valence-corrected chi connectivity index (χ1v) is 15.5. The molecule has 0 saturated carbocycles. The van der Waals surface area contributed by atoms with Crippen molar-refractivity contribution in [2.24, 2.45) is 0 Å². The van der Waals surface area contributed by atoms with E-state index < -0.39 is 75.5 Å². The fourth-order valence-corrected chi connectivity index (χ4v) is 8.79. The lowest BCUT2D eigenvalue weighted by Crippen LogP contribution is -2.43. The molecule has 40 heavy (non-hydrogen) atoms. The number of hydrogen-bond donors (Lipinski definition) is 2. The van der Waals surface area contributed by atoms with Gasteiger partial charge in [0.2, 0.25) is 12.8 Å². The molecule has 1 fully saturated rings. The van der Waals surface area contributed by atoms with Crippen LogP contribution in [0, 0.1) is 0 Å². The average Bonchev–Trinajstić information content (AvgIpc) is 2.80. The third kappa shape index (κ3) is 43.8. The van der Waals surface area contributed by atoms with Crippen molar-refractivity contribution in [2.45, 2.75) is 69.4 Å². The molecule has 0 aliphatic carbocycles. The minimum absolute atomic E-state index is 0.271. The maximum atomic E-state index is 12.0. The molecule has 1 aliphatic heterocycles. The Morgan fingerprint density at radius 1 is 0.950 bits per heavy atom. The number of rotatable bonds is 6. The van der Waals surface area contributed by atoms with Crippen molar-refractivity contribution < 1.29 is 85.0 Å². The number of amides is 1. The van der Waals surface area contributed by atoms with Crippen molar-refractivity contribution >= 4 is 23.5 Å². The van der Waals surface area contributed by atoms with Crippen LogP contribution in [0.2, 0.25) is 25.2 Å². The normalized spacial score (nSPS) is 18.0. The Balaban J connectivity index is -0.000000277. The van der Waals surface area contributed by atoms with Crippen LogP contribution in [0.15, 0.2) is 0 Å². The second-order valence-corrected chi connectivity index (χ2v) is 13.4. The predicted octanol–water partition coefficient (Wildman–Crippen LogP) is 6.72. The average molecular weight is 665 g/mol. The summed E-state index contributed by atoms with van der Waals surface area (Å²) >= 11 is 0. The van der Waals surface area contributed by atoms with Crippen molar-refractivity contribution in [2.75, 3.05) is 40.2 Å². The third-order valence-corrected chi connectivity index (χ3v) is 10.3. The Morgan fingerprint density at radius 2 is 1.38 bits per heavy atom. The maximum absolute atomic E-state index is 12.0.